The zero-order valence-electron chi connectivity index (χ0n) is 17.8. The number of phenols is 1. The number of hydrogen-bond acceptors (Lipinski definition) is 6. The van der Waals surface area contributed by atoms with Gasteiger partial charge < -0.3 is 9.84 Å². The number of amides is 1. The lowest BCUT2D eigenvalue weighted by Gasteiger charge is -2.19. The molecule has 0 saturated carbocycles. The number of methoxy groups -OCH3 is 1. The number of nitrogens with one attached hydrogen (secondary N) is 1. The maximum atomic E-state index is 12.8. The average Bonchev–Trinajstić information content (AvgIpc) is 2.80. The molecule has 0 spiro atoms. The summed E-state index contributed by atoms with van der Waals surface area (Å²) in [6.07, 6.45) is 1.41. The van der Waals surface area contributed by atoms with E-state index in [1.807, 2.05) is 6.92 Å². The Labute approximate surface area is 186 Å². The summed E-state index contributed by atoms with van der Waals surface area (Å²) in [6.45, 7) is 1.88. The molecule has 8 nitrogen and oxygen atoms in total. The van der Waals surface area contributed by atoms with Crippen molar-refractivity contribution >= 4 is 27.8 Å². The van der Waals surface area contributed by atoms with E-state index in [1.54, 1.807) is 48.5 Å². The van der Waals surface area contributed by atoms with Crippen LogP contribution < -0.4 is 14.5 Å². The number of aryl methyl sites for hydroxylation is 1. The Bertz CT molecular complexity index is 1240. The summed E-state index contributed by atoms with van der Waals surface area (Å²) in [7, 11) is -0.820. The second-order valence-corrected chi connectivity index (χ2v) is 8.93. The van der Waals surface area contributed by atoms with Gasteiger partial charge in [-0.2, -0.15) is 5.10 Å². The van der Waals surface area contributed by atoms with Crippen molar-refractivity contribution < 1.29 is 23.1 Å². The molecule has 0 bridgehead atoms. The number of anilines is 1. The number of hydrazone groups is 1. The van der Waals surface area contributed by atoms with Crippen LogP contribution in [0, 0.1) is 6.92 Å². The molecule has 3 rings (SSSR count). The van der Waals surface area contributed by atoms with Gasteiger partial charge in [-0.1, -0.05) is 17.7 Å². The van der Waals surface area contributed by atoms with E-state index in [1.165, 1.54) is 38.6 Å². The van der Waals surface area contributed by atoms with Crippen molar-refractivity contribution in [2.45, 2.75) is 11.8 Å². The third-order valence-electron chi connectivity index (χ3n) is 4.76. The second-order valence-electron chi connectivity index (χ2n) is 6.96. The van der Waals surface area contributed by atoms with E-state index < -0.39 is 15.9 Å². The van der Waals surface area contributed by atoms with Gasteiger partial charge in [0.25, 0.3) is 15.9 Å². The maximum absolute atomic E-state index is 12.8. The number of phenolic OH excluding ortho intramolecular Hbond substituents is 1. The summed E-state index contributed by atoms with van der Waals surface area (Å²) < 4.78 is 31.8. The molecule has 0 atom stereocenters. The normalized spacial score (nSPS) is 11.3. The quantitative estimate of drug-likeness (QED) is 0.422. The van der Waals surface area contributed by atoms with E-state index >= 15 is 0 Å². The molecule has 0 radical (unpaired) electrons. The Balaban J connectivity index is 1.68. The Kier molecular flexibility index (Phi) is 6.79. The highest BCUT2D eigenvalue weighted by atomic mass is 32.2. The third-order valence-corrected chi connectivity index (χ3v) is 6.56. The number of benzene rings is 3. The van der Waals surface area contributed by atoms with Crippen molar-refractivity contribution in [3.8, 4) is 11.5 Å². The van der Waals surface area contributed by atoms with Crippen molar-refractivity contribution in [2.75, 3.05) is 18.5 Å². The topological polar surface area (TPSA) is 108 Å². The number of nitrogens with zero attached hydrogens (tertiary/aromatic N) is 2. The maximum Gasteiger partial charge on any atom is 0.271 e. The number of carbonyl (C=O) groups is 1. The molecule has 166 valence electrons. The van der Waals surface area contributed by atoms with Gasteiger partial charge in [-0.05, 0) is 67.1 Å². The lowest BCUT2D eigenvalue weighted by atomic mass is 10.2. The number of aromatic hydroxyl groups is 1. The predicted octanol–water partition coefficient (Wildman–Crippen LogP) is 3.30. The first-order chi connectivity index (χ1) is 15.2. The van der Waals surface area contributed by atoms with Crippen LogP contribution in [0.2, 0.25) is 0 Å². The van der Waals surface area contributed by atoms with Crippen molar-refractivity contribution in [3.05, 3.63) is 83.4 Å². The zero-order chi connectivity index (χ0) is 23.3. The van der Waals surface area contributed by atoms with Crippen LogP contribution in [0.25, 0.3) is 0 Å². The van der Waals surface area contributed by atoms with Gasteiger partial charge in [-0.25, -0.2) is 13.8 Å². The van der Waals surface area contributed by atoms with Gasteiger partial charge in [-0.15, -0.1) is 0 Å². The minimum atomic E-state index is -3.71. The SMILES string of the molecule is COc1cc(/C=N\NC(=O)c2ccc(N(C)S(=O)(=O)c3ccc(C)cc3)cc2)ccc1O. The van der Waals surface area contributed by atoms with E-state index in [-0.39, 0.29) is 10.6 Å². The molecule has 2 N–H and O–H groups in total. The Morgan fingerprint density at radius 2 is 1.72 bits per heavy atom. The fourth-order valence-corrected chi connectivity index (χ4v) is 4.03. The lowest BCUT2D eigenvalue weighted by Crippen LogP contribution is -2.26. The Hall–Kier alpha value is -3.85. The Morgan fingerprint density at radius 3 is 2.34 bits per heavy atom. The minimum Gasteiger partial charge on any atom is -0.504 e. The minimum absolute atomic E-state index is 0.00290. The fraction of sp³-hybridized carbons (Fsp3) is 0.130. The molecule has 0 aromatic heterocycles. The molecule has 0 saturated heterocycles. The van der Waals surface area contributed by atoms with E-state index in [0.717, 1.165) is 9.87 Å². The number of ether oxygens (including phenoxy) is 1. The number of carbonyl (C=O) groups excluding carboxylic acids is 1. The summed E-state index contributed by atoms with van der Waals surface area (Å²) in [5.74, 6) is -0.161. The largest absolute Gasteiger partial charge is 0.504 e. The highest BCUT2D eigenvalue weighted by Crippen LogP contribution is 2.25. The molecular weight excluding hydrogens is 430 g/mol. The molecular formula is C23H23N3O5S. The second kappa shape index (κ2) is 9.52. The summed E-state index contributed by atoms with van der Waals surface area (Å²) >= 11 is 0. The van der Waals surface area contributed by atoms with E-state index in [0.29, 0.717) is 22.6 Å². The monoisotopic (exact) mass is 453 g/mol. The van der Waals surface area contributed by atoms with E-state index in [2.05, 4.69) is 10.5 Å². The first-order valence-corrected chi connectivity index (χ1v) is 11.0. The van der Waals surface area contributed by atoms with E-state index in [9.17, 15) is 18.3 Å². The third kappa shape index (κ3) is 5.06. The van der Waals surface area contributed by atoms with Crippen LogP contribution in [0.3, 0.4) is 0 Å². The van der Waals surface area contributed by atoms with Gasteiger partial charge >= 0.3 is 0 Å². The highest BCUT2D eigenvalue weighted by molar-refractivity contribution is 7.92. The summed E-state index contributed by atoms with van der Waals surface area (Å²) in [5.41, 5.74) is 4.73. The standard InChI is InChI=1S/C23H23N3O5S/c1-16-4-11-20(12-5-16)32(29,30)26(2)19-9-7-18(8-10-19)23(28)25-24-15-17-6-13-21(27)22(14-17)31-3/h4-15,27H,1-3H3,(H,25,28)/b24-15-. The van der Waals surface area contributed by atoms with Crippen molar-refractivity contribution in [1.82, 2.24) is 5.43 Å². The molecule has 0 aliphatic heterocycles. The summed E-state index contributed by atoms with van der Waals surface area (Å²) in [5, 5.41) is 13.5. The van der Waals surface area contributed by atoms with Gasteiger partial charge in [0.15, 0.2) is 11.5 Å². The van der Waals surface area contributed by atoms with Crippen molar-refractivity contribution in [2.24, 2.45) is 5.10 Å². The first-order valence-electron chi connectivity index (χ1n) is 9.58. The molecule has 3 aromatic carbocycles. The molecule has 0 heterocycles. The van der Waals surface area contributed by atoms with E-state index in [4.69, 9.17) is 4.74 Å². The van der Waals surface area contributed by atoms with Gasteiger partial charge in [0, 0.05) is 12.6 Å². The van der Waals surface area contributed by atoms with Gasteiger partial charge in [-0.3, -0.25) is 9.10 Å². The van der Waals surface area contributed by atoms with Crippen LogP contribution in [0.5, 0.6) is 11.5 Å². The molecule has 0 unspecified atom stereocenters. The number of hydrogen-bond donors (Lipinski definition) is 2. The van der Waals surface area contributed by atoms with Crippen LogP contribution in [-0.4, -0.2) is 39.8 Å². The highest BCUT2D eigenvalue weighted by Gasteiger charge is 2.21. The van der Waals surface area contributed by atoms with Crippen LogP contribution >= 0.6 is 0 Å². The molecule has 32 heavy (non-hydrogen) atoms. The Morgan fingerprint density at radius 1 is 1.06 bits per heavy atom. The first kappa shape index (κ1) is 22.8. The smallest absolute Gasteiger partial charge is 0.271 e. The van der Waals surface area contributed by atoms with Crippen LogP contribution in [0.4, 0.5) is 5.69 Å². The van der Waals surface area contributed by atoms with Gasteiger partial charge in [0.1, 0.15) is 0 Å². The summed E-state index contributed by atoms with van der Waals surface area (Å²) in [4.78, 5) is 12.5. The number of sulfonamides is 1. The van der Waals surface area contributed by atoms with Crippen molar-refractivity contribution in [3.63, 3.8) is 0 Å². The molecule has 0 aliphatic carbocycles. The average molecular weight is 454 g/mol. The lowest BCUT2D eigenvalue weighted by molar-refractivity contribution is 0.0955. The molecule has 3 aromatic rings. The van der Waals surface area contributed by atoms with Crippen LogP contribution in [0.1, 0.15) is 21.5 Å². The van der Waals surface area contributed by atoms with Gasteiger partial charge in [0.05, 0.1) is 23.9 Å². The number of rotatable bonds is 7. The molecule has 1 amide bonds. The van der Waals surface area contributed by atoms with Crippen LogP contribution in [-0.2, 0) is 10.0 Å². The zero-order valence-corrected chi connectivity index (χ0v) is 18.6. The fourth-order valence-electron chi connectivity index (χ4n) is 2.83. The van der Waals surface area contributed by atoms with Crippen LogP contribution in [0.15, 0.2) is 76.7 Å². The molecule has 0 fully saturated rings. The summed E-state index contributed by atoms with van der Waals surface area (Å²) in [6, 6.07) is 17.4. The van der Waals surface area contributed by atoms with Crippen molar-refractivity contribution in [1.29, 1.82) is 0 Å². The van der Waals surface area contributed by atoms with Gasteiger partial charge in [0.2, 0.25) is 0 Å². The molecule has 0 aliphatic rings. The molecule has 9 heteroatoms. The predicted molar refractivity (Wildman–Crippen MR) is 123 cm³/mol.